The third-order valence-corrected chi connectivity index (χ3v) is 6.19. The van der Waals surface area contributed by atoms with Crippen molar-refractivity contribution in [2.24, 2.45) is 0 Å². The van der Waals surface area contributed by atoms with Crippen molar-refractivity contribution in [3.63, 3.8) is 0 Å². The smallest absolute Gasteiger partial charge is 0.239 e. The van der Waals surface area contributed by atoms with Crippen molar-refractivity contribution in [2.75, 3.05) is 26.7 Å². The molecule has 0 saturated carbocycles. The Labute approximate surface area is 206 Å². The lowest BCUT2D eigenvalue weighted by Crippen LogP contribution is -2.51. The Hall–Kier alpha value is -2.97. The maximum atomic E-state index is 14.6. The molecular weight excluding hydrogens is 449 g/mol. The fraction of sp³-hybridized carbons (Fsp3) is 0.481. The summed E-state index contributed by atoms with van der Waals surface area (Å²) in [6.45, 7) is 3.11. The van der Waals surface area contributed by atoms with Gasteiger partial charge in [0.25, 0.3) is 0 Å². The highest BCUT2D eigenvalue weighted by Gasteiger charge is 2.24. The van der Waals surface area contributed by atoms with Crippen molar-refractivity contribution in [2.45, 2.75) is 57.7 Å². The minimum Gasteiger partial charge on any atom is -0.491 e. The fourth-order valence-corrected chi connectivity index (χ4v) is 4.10. The van der Waals surface area contributed by atoms with Crippen LogP contribution in [0.5, 0.6) is 5.75 Å². The molecule has 8 heteroatoms. The molecule has 0 unspecified atom stereocenters. The van der Waals surface area contributed by atoms with E-state index >= 15 is 0 Å². The van der Waals surface area contributed by atoms with Crippen molar-refractivity contribution in [3.05, 3.63) is 65.0 Å². The number of aliphatic hydroxyl groups is 1. The molecule has 0 saturated heterocycles. The van der Waals surface area contributed by atoms with E-state index in [1.807, 2.05) is 12.1 Å². The molecule has 3 N–H and O–H groups in total. The number of aryl methyl sites for hydroxylation is 1. The number of ether oxygens (including phenoxy) is 1. The van der Waals surface area contributed by atoms with Gasteiger partial charge in [0.1, 0.15) is 0 Å². The van der Waals surface area contributed by atoms with Gasteiger partial charge in [-0.25, -0.2) is 4.39 Å². The van der Waals surface area contributed by atoms with Gasteiger partial charge in [-0.05, 0) is 54.5 Å². The van der Waals surface area contributed by atoms with Gasteiger partial charge in [0.05, 0.1) is 25.3 Å². The van der Waals surface area contributed by atoms with Gasteiger partial charge in [-0.1, -0.05) is 37.3 Å². The largest absolute Gasteiger partial charge is 0.491 e. The van der Waals surface area contributed by atoms with Crippen molar-refractivity contribution >= 4 is 11.8 Å². The number of benzene rings is 2. The van der Waals surface area contributed by atoms with E-state index in [0.717, 1.165) is 12.0 Å². The first-order valence-corrected chi connectivity index (χ1v) is 12.3. The van der Waals surface area contributed by atoms with Crippen LogP contribution in [0.2, 0.25) is 0 Å². The first kappa shape index (κ1) is 26.6. The minimum absolute atomic E-state index is 0.108. The Kier molecular flexibility index (Phi) is 10.0. The number of amides is 2. The molecule has 2 amide bonds. The van der Waals surface area contributed by atoms with Gasteiger partial charge >= 0.3 is 0 Å². The maximum Gasteiger partial charge on any atom is 0.239 e. The van der Waals surface area contributed by atoms with E-state index in [9.17, 15) is 19.1 Å². The summed E-state index contributed by atoms with van der Waals surface area (Å²) < 4.78 is 20.1. The van der Waals surface area contributed by atoms with Crippen LogP contribution in [-0.4, -0.2) is 60.7 Å². The van der Waals surface area contributed by atoms with E-state index in [2.05, 4.69) is 29.7 Å². The van der Waals surface area contributed by atoms with E-state index in [1.165, 1.54) is 16.5 Å². The molecule has 0 aliphatic carbocycles. The molecule has 2 aromatic carbocycles. The molecule has 7 nitrogen and oxygen atoms in total. The SMILES string of the molecule is CCc1cccc(CNC[C@@H](O)[C@@H]2Cc3ccc(c(F)c3)OCCCCC(=O)N(C)CC(=O)N2)c1. The molecule has 35 heavy (non-hydrogen) atoms. The second-order valence-corrected chi connectivity index (χ2v) is 9.07. The zero-order chi connectivity index (χ0) is 25.2. The predicted octanol–water partition coefficient (Wildman–Crippen LogP) is 2.59. The summed E-state index contributed by atoms with van der Waals surface area (Å²) in [5, 5.41) is 17.0. The van der Waals surface area contributed by atoms with Crippen LogP contribution in [0.3, 0.4) is 0 Å². The van der Waals surface area contributed by atoms with Gasteiger partial charge in [-0.15, -0.1) is 0 Å². The van der Waals surface area contributed by atoms with Crippen LogP contribution in [0, 0.1) is 5.82 Å². The van der Waals surface area contributed by atoms with E-state index in [1.54, 1.807) is 19.2 Å². The van der Waals surface area contributed by atoms with Crippen LogP contribution >= 0.6 is 0 Å². The number of likely N-dealkylation sites (N-methyl/N-ethyl adjacent to an activating group) is 1. The van der Waals surface area contributed by atoms with E-state index in [4.69, 9.17) is 4.74 Å². The number of rotatable bonds is 6. The van der Waals surface area contributed by atoms with Crippen LogP contribution in [-0.2, 0) is 29.0 Å². The molecule has 4 rings (SSSR count). The number of nitrogens with zero attached hydrogens (tertiary/aromatic N) is 1. The molecule has 0 fully saturated rings. The van der Waals surface area contributed by atoms with Gasteiger partial charge in [0, 0.05) is 26.6 Å². The highest BCUT2D eigenvalue weighted by molar-refractivity contribution is 5.84. The molecule has 2 aliphatic heterocycles. The number of hydrogen-bond donors (Lipinski definition) is 3. The predicted molar refractivity (Wildman–Crippen MR) is 133 cm³/mol. The molecule has 0 radical (unpaired) electrons. The number of aliphatic hydroxyl groups excluding tert-OH is 1. The Bertz CT molecular complexity index is 1000. The number of carbonyl (C=O) groups is 2. The van der Waals surface area contributed by atoms with Gasteiger partial charge in [-0.2, -0.15) is 0 Å². The quantitative estimate of drug-likeness (QED) is 0.585. The third kappa shape index (κ3) is 8.33. The first-order valence-electron chi connectivity index (χ1n) is 12.3. The monoisotopic (exact) mass is 485 g/mol. The summed E-state index contributed by atoms with van der Waals surface area (Å²) in [5.41, 5.74) is 2.98. The molecule has 0 aromatic heterocycles. The average Bonchev–Trinajstić information content (AvgIpc) is 2.83. The number of nitrogens with one attached hydrogen (secondary N) is 2. The third-order valence-electron chi connectivity index (χ3n) is 6.19. The summed E-state index contributed by atoms with van der Waals surface area (Å²) in [7, 11) is 1.59. The normalized spacial score (nSPS) is 18.7. The number of hydrogen-bond acceptors (Lipinski definition) is 5. The topological polar surface area (TPSA) is 90.9 Å². The molecule has 0 spiro atoms. The van der Waals surface area contributed by atoms with Crippen molar-refractivity contribution < 1.29 is 23.8 Å². The van der Waals surface area contributed by atoms with E-state index < -0.39 is 18.0 Å². The summed E-state index contributed by atoms with van der Waals surface area (Å²) in [6, 6.07) is 12.2. The summed E-state index contributed by atoms with van der Waals surface area (Å²) >= 11 is 0. The van der Waals surface area contributed by atoms with Gasteiger partial charge in [0.15, 0.2) is 11.6 Å². The highest BCUT2D eigenvalue weighted by atomic mass is 19.1. The van der Waals surface area contributed by atoms with E-state index in [-0.39, 0.29) is 43.5 Å². The standard InChI is InChI=1S/C27H36FN3O4/c1-3-19-7-6-8-21(13-19)16-29-17-24(32)23-15-20-10-11-25(22(28)14-20)35-12-5-4-9-27(34)31(2)18-26(33)30-23/h6-8,10-11,13-14,23-24,29,32H,3-5,9,12,15-18H2,1-2H3,(H,30,33)/t23-,24+/m0/s1. The van der Waals surface area contributed by atoms with Crippen LogP contribution in [0.4, 0.5) is 4.39 Å². The van der Waals surface area contributed by atoms with Gasteiger partial charge in [0.2, 0.25) is 11.8 Å². The number of fused-ring (bicyclic) bond motifs is 13. The zero-order valence-electron chi connectivity index (χ0n) is 20.6. The van der Waals surface area contributed by atoms with Crippen molar-refractivity contribution in [1.82, 2.24) is 15.5 Å². The molecular formula is C27H36FN3O4. The summed E-state index contributed by atoms with van der Waals surface area (Å²) in [5.74, 6) is -0.844. The fourth-order valence-electron chi connectivity index (χ4n) is 4.10. The Morgan fingerprint density at radius 1 is 1.20 bits per heavy atom. The molecule has 2 aliphatic rings. The number of halogens is 1. The maximum absolute atomic E-state index is 14.6. The van der Waals surface area contributed by atoms with E-state index in [0.29, 0.717) is 31.6 Å². The summed E-state index contributed by atoms with van der Waals surface area (Å²) in [4.78, 5) is 26.4. The Morgan fingerprint density at radius 2 is 2.00 bits per heavy atom. The van der Waals surface area contributed by atoms with Gasteiger partial charge in [-0.3, -0.25) is 9.59 Å². The molecule has 2 heterocycles. The average molecular weight is 486 g/mol. The molecule has 190 valence electrons. The summed E-state index contributed by atoms with van der Waals surface area (Å²) in [6.07, 6.45) is 1.72. The van der Waals surface area contributed by atoms with Crippen molar-refractivity contribution in [1.29, 1.82) is 0 Å². The Morgan fingerprint density at radius 3 is 2.77 bits per heavy atom. The van der Waals surface area contributed by atoms with Crippen LogP contribution < -0.4 is 15.4 Å². The van der Waals surface area contributed by atoms with Crippen LogP contribution in [0.1, 0.15) is 42.9 Å². The van der Waals surface area contributed by atoms with Crippen molar-refractivity contribution in [3.8, 4) is 5.75 Å². The lowest BCUT2D eigenvalue weighted by molar-refractivity contribution is -0.135. The first-order chi connectivity index (χ1) is 16.9. The number of carbonyl (C=O) groups excluding carboxylic acids is 2. The van der Waals surface area contributed by atoms with Crippen LogP contribution in [0.25, 0.3) is 0 Å². The second-order valence-electron chi connectivity index (χ2n) is 9.07. The lowest BCUT2D eigenvalue weighted by atomic mass is 10.00. The Balaban J connectivity index is 1.71. The molecule has 2 aromatic rings. The van der Waals surface area contributed by atoms with Gasteiger partial charge < -0.3 is 25.4 Å². The molecule has 2 atom stereocenters. The lowest BCUT2D eigenvalue weighted by Gasteiger charge is -2.26. The molecule has 2 bridgehead atoms. The zero-order valence-corrected chi connectivity index (χ0v) is 20.6. The second kappa shape index (κ2) is 13.2. The highest BCUT2D eigenvalue weighted by Crippen LogP contribution is 2.20. The van der Waals surface area contributed by atoms with Crippen LogP contribution in [0.15, 0.2) is 42.5 Å². The minimum atomic E-state index is -0.924.